The maximum Gasteiger partial charge on any atom is 0.407 e. The van der Waals surface area contributed by atoms with Gasteiger partial charge in [-0.25, -0.2) is 4.79 Å². The number of hydrogen-bond acceptors (Lipinski definition) is 4. The van der Waals surface area contributed by atoms with Crippen molar-refractivity contribution < 1.29 is 14.3 Å². The lowest BCUT2D eigenvalue weighted by Crippen LogP contribution is -2.43. The van der Waals surface area contributed by atoms with E-state index in [1.807, 2.05) is 0 Å². The number of alkyl carbamates (subject to hydrolysis) is 1. The quantitative estimate of drug-likeness (QED) is 0.705. The van der Waals surface area contributed by atoms with Gasteiger partial charge in [-0.3, -0.25) is 4.79 Å². The fraction of sp³-hybridized carbons (Fsp3) is 0.846. The standard InChI is InChI=1S/C13H25N3O3/c1-13(2,3)19-12(18)15-9-6-11(17)16-10-4-7-14-8-5-10/h10,14H,4-9H2,1-3H3,(H,15,18)(H,16,17). The smallest absolute Gasteiger partial charge is 0.407 e. The topological polar surface area (TPSA) is 79.5 Å². The number of hydrogen-bond donors (Lipinski definition) is 3. The number of nitrogens with one attached hydrogen (secondary N) is 3. The maximum absolute atomic E-state index is 11.7. The third-order valence-electron chi connectivity index (χ3n) is 2.72. The second-order valence-electron chi connectivity index (χ2n) is 5.77. The lowest BCUT2D eigenvalue weighted by atomic mass is 10.1. The van der Waals surface area contributed by atoms with Crippen molar-refractivity contribution in [3.8, 4) is 0 Å². The lowest BCUT2D eigenvalue weighted by molar-refractivity contribution is -0.121. The first-order valence-corrected chi connectivity index (χ1v) is 6.84. The van der Waals surface area contributed by atoms with Gasteiger partial charge in [0.05, 0.1) is 0 Å². The van der Waals surface area contributed by atoms with Crippen LogP contribution in [0.25, 0.3) is 0 Å². The van der Waals surface area contributed by atoms with E-state index in [-0.39, 0.29) is 18.4 Å². The molecule has 1 saturated heterocycles. The molecule has 0 radical (unpaired) electrons. The molecule has 0 aromatic rings. The van der Waals surface area contributed by atoms with Crippen LogP contribution in [0.2, 0.25) is 0 Å². The Kier molecular flexibility index (Phi) is 6.08. The summed E-state index contributed by atoms with van der Waals surface area (Å²) in [6.07, 6.45) is 1.72. The second-order valence-corrected chi connectivity index (χ2v) is 5.77. The van der Waals surface area contributed by atoms with E-state index in [0.717, 1.165) is 25.9 Å². The molecule has 19 heavy (non-hydrogen) atoms. The zero-order chi connectivity index (χ0) is 14.3. The minimum atomic E-state index is -0.512. The third kappa shape index (κ3) is 7.66. The van der Waals surface area contributed by atoms with Gasteiger partial charge in [-0.15, -0.1) is 0 Å². The van der Waals surface area contributed by atoms with Crippen molar-refractivity contribution in [3.63, 3.8) is 0 Å². The van der Waals surface area contributed by atoms with Gasteiger partial charge in [0.15, 0.2) is 0 Å². The van der Waals surface area contributed by atoms with Gasteiger partial charge in [-0.2, -0.15) is 0 Å². The van der Waals surface area contributed by atoms with Gasteiger partial charge in [0.1, 0.15) is 5.60 Å². The first-order valence-electron chi connectivity index (χ1n) is 6.84. The van der Waals surface area contributed by atoms with Gasteiger partial charge in [0.2, 0.25) is 5.91 Å². The van der Waals surface area contributed by atoms with Crippen molar-refractivity contribution in [2.45, 2.75) is 51.7 Å². The zero-order valence-electron chi connectivity index (χ0n) is 12.0. The largest absolute Gasteiger partial charge is 0.444 e. The van der Waals surface area contributed by atoms with E-state index in [9.17, 15) is 9.59 Å². The average Bonchev–Trinajstić information content (AvgIpc) is 2.27. The maximum atomic E-state index is 11.7. The van der Waals surface area contributed by atoms with Crippen molar-refractivity contribution >= 4 is 12.0 Å². The van der Waals surface area contributed by atoms with Gasteiger partial charge < -0.3 is 20.7 Å². The van der Waals surface area contributed by atoms with E-state index in [0.29, 0.717) is 6.54 Å². The second kappa shape index (κ2) is 7.33. The van der Waals surface area contributed by atoms with E-state index in [2.05, 4.69) is 16.0 Å². The zero-order valence-corrected chi connectivity index (χ0v) is 12.0. The number of piperidine rings is 1. The van der Waals surface area contributed by atoms with Crippen molar-refractivity contribution in [3.05, 3.63) is 0 Å². The molecule has 3 N–H and O–H groups in total. The molecule has 110 valence electrons. The van der Waals surface area contributed by atoms with Crippen LogP contribution in [0.15, 0.2) is 0 Å². The summed E-state index contributed by atoms with van der Waals surface area (Å²) in [5.41, 5.74) is -0.512. The Balaban J connectivity index is 2.11. The molecule has 0 aliphatic carbocycles. The minimum Gasteiger partial charge on any atom is -0.444 e. The molecule has 1 rings (SSSR count). The minimum absolute atomic E-state index is 0.0250. The SMILES string of the molecule is CC(C)(C)OC(=O)NCCC(=O)NC1CCNCC1. The summed E-state index contributed by atoms with van der Waals surface area (Å²) in [6, 6.07) is 0.260. The Labute approximate surface area is 114 Å². The molecule has 0 aromatic heterocycles. The lowest BCUT2D eigenvalue weighted by Gasteiger charge is -2.23. The van der Waals surface area contributed by atoms with E-state index in [1.165, 1.54) is 0 Å². The van der Waals surface area contributed by atoms with Gasteiger partial charge in [0, 0.05) is 19.0 Å². The van der Waals surface area contributed by atoms with Crippen LogP contribution in [-0.2, 0) is 9.53 Å². The molecule has 1 fully saturated rings. The number of carbonyl (C=O) groups excluding carboxylic acids is 2. The summed E-state index contributed by atoms with van der Waals surface area (Å²) in [6.45, 7) is 7.59. The van der Waals surface area contributed by atoms with Crippen molar-refractivity contribution in [2.24, 2.45) is 0 Å². The van der Waals surface area contributed by atoms with Crippen LogP contribution in [0, 0.1) is 0 Å². The molecular weight excluding hydrogens is 246 g/mol. The molecule has 0 spiro atoms. The summed E-state index contributed by atoms with van der Waals surface area (Å²) in [4.78, 5) is 23.0. The third-order valence-corrected chi connectivity index (χ3v) is 2.72. The molecule has 0 unspecified atom stereocenters. The highest BCUT2D eigenvalue weighted by molar-refractivity contribution is 5.77. The summed E-state index contributed by atoms with van der Waals surface area (Å²) < 4.78 is 5.08. The summed E-state index contributed by atoms with van der Waals surface area (Å²) in [7, 11) is 0. The van der Waals surface area contributed by atoms with Crippen molar-refractivity contribution in [2.75, 3.05) is 19.6 Å². The van der Waals surface area contributed by atoms with Crippen molar-refractivity contribution in [1.29, 1.82) is 0 Å². The Morgan fingerprint density at radius 3 is 2.47 bits per heavy atom. The predicted molar refractivity (Wildman–Crippen MR) is 72.9 cm³/mol. The normalized spacial score (nSPS) is 16.8. The van der Waals surface area contributed by atoms with Gasteiger partial charge in [-0.1, -0.05) is 0 Å². The van der Waals surface area contributed by atoms with E-state index >= 15 is 0 Å². The Morgan fingerprint density at radius 2 is 1.89 bits per heavy atom. The van der Waals surface area contributed by atoms with Crippen LogP contribution in [0.5, 0.6) is 0 Å². The molecule has 1 heterocycles. The Morgan fingerprint density at radius 1 is 1.26 bits per heavy atom. The average molecular weight is 271 g/mol. The van der Waals surface area contributed by atoms with Crippen molar-refractivity contribution in [1.82, 2.24) is 16.0 Å². The summed E-state index contributed by atoms with van der Waals surface area (Å²) in [5.74, 6) is -0.0250. The summed E-state index contributed by atoms with van der Waals surface area (Å²) >= 11 is 0. The first kappa shape index (κ1) is 15.8. The Bertz CT molecular complexity index is 307. The van der Waals surface area contributed by atoms with Crippen LogP contribution in [-0.4, -0.2) is 43.3 Å². The highest BCUT2D eigenvalue weighted by Crippen LogP contribution is 2.06. The molecule has 2 amide bonds. The number of rotatable bonds is 4. The van der Waals surface area contributed by atoms with Gasteiger partial charge in [0.25, 0.3) is 0 Å². The molecule has 1 aliphatic rings. The number of ether oxygens (including phenoxy) is 1. The molecular formula is C13H25N3O3. The van der Waals surface area contributed by atoms with E-state index in [4.69, 9.17) is 4.74 Å². The monoisotopic (exact) mass is 271 g/mol. The first-order chi connectivity index (χ1) is 8.87. The fourth-order valence-electron chi connectivity index (χ4n) is 1.86. The van der Waals surface area contributed by atoms with E-state index < -0.39 is 11.7 Å². The molecule has 0 bridgehead atoms. The number of carbonyl (C=O) groups is 2. The highest BCUT2D eigenvalue weighted by atomic mass is 16.6. The van der Waals surface area contributed by atoms with Crippen LogP contribution < -0.4 is 16.0 Å². The highest BCUT2D eigenvalue weighted by Gasteiger charge is 2.17. The molecule has 6 nitrogen and oxygen atoms in total. The molecule has 0 atom stereocenters. The number of amides is 2. The van der Waals surface area contributed by atoms with E-state index in [1.54, 1.807) is 20.8 Å². The van der Waals surface area contributed by atoms with Crippen LogP contribution in [0.1, 0.15) is 40.0 Å². The molecule has 0 saturated carbocycles. The summed E-state index contributed by atoms with van der Waals surface area (Å²) in [5, 5.41) is 8.79. The fourth-order valence-corrected chi connectivity index (χ4v) is 1.86. The molecule has 0 aromatic carbocycles. The molecule has 1 aliphatic heterocycles. The van der Waals surface area contributed by atoms with Gasteiger partial charge >= 0.3 is 6.09 Å². The Hall–Kier alpha value is -1.30. The van der Waals surface area contributed by atoms with Crippen LogP contribution in [0.4, 0.5) is 4.79 Å². The van der Waals surface area contributed by atoms with Gasteiger partial charge in [-0.05, 0) is 46.7 Å². The van der Waals surface area contributed by atoms with Crippen LogP contribution >= 0.6 is 0 Å². The predicted octanol–water partition coefficient (Wildman–Crippen LogP) is 0.769. The molecule has 6 heteroatoms. The van der Waals surface area contributed by atoms with Crippen LogP contribution in [0.3, 0.4) is 0 Å².